The summed E-state index contributed by atoms with van der Waals surface area (Å²) >= 11 is 0. The third-order valence-electron chi connectivity index (χ3n) is 3.23. The predicted octanol–water partition coefficient (Wildman–Crippen LogP) is 2.32. The molecule has 1 aromatic rings. The monoisotopic (exact) mass is 248 g/mol. The first-order chi connectivity index (χ1) is 8.54. The van der Waals surface area contributed by atoms with Gasteiger partial charge in [-0.3, -0.25) is 4.79 Å². The Morgan fingerprint density at radius 1 is 1.44 bits per heavy atom. The molecule has 2 rings (SSSR count). The number of ether oxygens (including phenoxy) is 2. The molecule has 1 unspecified atom stereocenters. The molecule has 0 saturated carbocycles. The second-order valence-electron chi connectivity index (χ2n) is 4.73. The number of ketones is 1. The fourth-order valence-electron chi connectivity index (χ4n) is 2.04. The van der Waals surface area contributed by atoms with Crippen LogP contribution in [-0.4, -0.2) is 25.5 Å². The van der Waals surface area contributed by atoms with E-state index in [1.807, 2.05) is 13.8 Å². The van der Waals surface area contributed by atoms with E-state index >= 15 is 0 Å². The summed E-state index contributed by atoms with van der Waals surface area (Å²) in [7, 11) is 1.32. The maximum atomic E-state index is 12.3. The average Bonchev–Trinajstić information content (AvgIpc) is 2.37. The Hall–Kier alpha value is -1.84. The van der Waals surface area contributed by atoms with Crippen molar-refractivity contribution in [3.63, 3.8) is 0 Å². The van der Waals surface area contributed by atoms with Crippen LogP contribution in [0.5, 0.6) is 5.75 Å². The molecule has 1 aliphatic heterocycles. The topological polar surface area (TPSA) is 52.6 Å². The minimum atomic E-state index is -0.447. The number of Topliss-reactive ketones (excluding diaryl/α,β-unsaturated/α-hetero) is 1. The van der Waals surface area contributed by atoms with Crippen LogP contribution in [-0.2, 0) is 4.74 Å². The highest BCUT2D eigenvalue weighted by Gasteiger charge is 2.31. The van der Waals surface area contributed by atoms with Crippen molar-refractivity contribution >= 4 is 11.8 Å². The number of methoxy groups -OCH3 is 1. The zero-order valence-electron chi connectivity index (χ0n) is 10.7. The normalized spacial score (nSPS) is 18.2. The van der Waals surface area contributed by atoms with Gasteiger partial charge in [0.2, 0.25) is 0 Å². The minimum Gasteiger partial charge on any atom is -0.492 e. The van der Waals surface area contributed by atoms with Gasteiger partial charge in [-0.05, 0) is 24.1 Å². The lowest BCUT2D eigenvalue weighted by Gasteiger charge is -2.26. The van der Waals surface area contributed by atoms with Crippen LogP contribution in [0.25, 0.3) is 0 Å². The zero-order valence-corrected chi connectivity index (χ0v) is 10.7. The zero-order chi connectivity index (χ0) is 13.3. The Balaban J connectivity index is 2.39. The number of benzene rings is 1. The van der Waals surface area contributed by atoms with Gasteiger partial charge in [0.1, 0.15) is 5.75 Å². The van der Waals surface area contributed by atoms with Crippen molar-refractivity contribution in [2.45, 2.75) is 13.8 Å². The molecule has 18 heavy (non-hydrogen) atoms. The number of carbonyl (C=O) groups excluding carboxylic acids is 2. The maximum Gasteiger partial charge on any atom is 0.337 e. The molecular formula is C14H16O4. The maximum absolute atomic E-state index is 12.3. The van der Waals surface area contributed by atoms with Gasteiger partial charge in [-0.15, -0.1) is 0 Å². The molecule has 4 heteroatoms. The van der Waals surface area contributed by atoms with Gasteiger partial charge in [0.05, 0.1) is 30.8 Å². The first-order valence-electron chi connectivity index (χ1n) is 5.94. The van der Waals surface area contributed by atoms with Crippen LogP contribution in [0.15, 0.2) is 18.2 Å². The van der Waals surface area contributed by atoms with Crippen molar-refractivity contribution < 1.29 is 19.1 Å². The van der Waals surface area contributed by atoms with Gasteiger partial charge >= 0.3 is 5.97 Å². The van der Waals surface area contributed by atoms with Gasteiger partial charge in [0, 0.05) is 0 Å². The summed E-state index contributed by atoms with van der Waals surface area (Å²) in [5.41, 5.74) is 0.848. The number of carbonyl (C=O) groups is 2. The lowest BCUT2D eigenvalue weighted by Crippen LogP contribution is -2.31. The second kappa shape index (κ2) is 4.80. The Kier molecular flexibility index (Phi) is 3.36. The van der Waals surface area contributed by atoms with Gasteiger partial charge in [0.25, 0.3) is 0 Å². The lowest BCUT2D eigenvalue weighted by molar-refractivity contribution is 0.0600. The summed E-state index contributed by atoms with van der Waals surface area (Å²) in [6.45, 7) is 4.38. The van der Waals surface area contributed by atoms with Gasteiger partial charge in [-0.1, -0.05) is 13.8 Å². The molecule has 1 aliphatic rings. The molecule has 0 aromatic heterocycles. The Labute approximate surface area is 106 Å². The quantitative estimate of drug-likeness (QED) is 0.754. The molecule has 1 heterocycles. The van der Waals surface area contributed by atoms with E-state index in [9.17, 15) is 9.59 Å². The molecule has 0 fully saturated rings. The van der Waals surface area contributed by atoms with Crippen molar-refractivity contribution in [2.75, 3.05) is 13.7 Å². The molecule has 0 radical (unpaired) electrons. The molecule has 0 bridgehead atoms. The summed E-state index contributed by atoms with van der Waals surface area (Å²) in [6, 6.07) is 4.81. The van der Waals surface area contributed by atoms with Crippen LogP contribution in [0.4, 0.5) is 0 Å². The molecule has 1 aromatic carbocycles. The van der Waals surface area contributed by atoms with E-state index in [0.29, 0.717) is 23.5 Å². The van der Waals surface area contributed by atoms with Crippen LogP contribution in [0.3, 0.4) is 0 Å². The summed E-state index contributed by atoms with van der Waals surface area (Å²) in [6.07, 6.45) is 0. The van der Waals surface area contributed by atoms with Crippen molar-refractivity contribution in [2.24, 2.45) is 11.8 Å². The highest BCUT2D eigenvalue weighted by atomic mass is 16.5. The van der Waals surface area contributed by atoms with Crippen LogP contribution >= 0.6 is 0 Å². The minimum absolute atomic E-state index is 0.0389. The standard InChI is InChI=1S/C14H16O4/c1-8(2)11-7-18-12-5-4-9(14(16)17-3)6-10(12)13(11)15/h4-6,8,11H,7H2,1-3H3. The smallest absolute Gasteiger partial charge is 0.337 e. The molecule has 4 nitrogen and oxygen atoms in total. The molecule has 0 saturated heterocycles. The summed E-state index contributed by atoms with van der Waals surface area (Å²) in [5.74, 6) is 0.205. The second-order valence-corrected chi connectivity index (χ2v) is 4.73. The van der Waals surface area contributed by atoms with Crippen molar-refractivity contribution in [1.29, 1.82) is 0 Å². The lowest BCUT2D eigenvalue weighted by atomic mass is 9.86. The number of rotatable bonds is 2. The first-order valence-corrected chi connectivity index (χ1v) is 5.94. The molecule has 0 N–H and O–H groups in total. The fraction of sp³-hybridized carbons (Fsp3) is 0.429. The predicted molar refractivity (Wildman–Crippen MR) is 65.9 cm³/mol. The van der Waals surface area contributed by atoms with E-state index in [-0.39, 0.29) is 17.6 Å². The van der Waals surface area contributed by atoms with Crippen LogP contribution in [0.2, 0.25) is 0 Å². The number of esters is 1. The molecule has 0 amide bonds. The Morgan fingerprint density at radius 2 is 2.17 bits per heavy atom. The van der Waals surface area contributed by atoms with Crippen LogP contribution in [0.1, 0.15) is 34.6 Å². The van der Waals surface area contributed by atoms with Crippen LogP contribution in [0, 0.1) is 11.8 Å². The fourth-order valence-corrected chi connectivity index (χ4v) is 2.04. The highest BCUT2D eigenvalue weighted by molar-refractivity contribution is 6.03. The van der Waals surface area contributed by atoms with Gasteiger partial charge in [-0.25, -0.2) is 4.79 Å². The van der Waals surface area contributed by atoms with Gasteiger partial charge in [-0.2, -0.15) is 0 Å². The molecule has 96 valence electrons. The number of hydrogen-bond acceptors (Lipinski definition) is 4. The third-order valence-corrected chi connectivity index (χ3v) is 3.23. The largest absolute Gasteiger partial charge is 0.492 e. The summed E-state index contributed by atoms with van der Waals surface area (Å²) < 4.78 is 10.2. The van der Waals surface area contributed by atoms with Crippen LogP contribution < -0.4 is 4.74 Å². The SMILES string of the molecule is COC(=O)c1ccc2c(c1)C(=O)C(C(C)C)CO2. The van der Waals surface area contributed by atoms with Crippen molar-refractivity contribution in [3.8, 4) is 5.75 Å². The summed E-state index contributed by atoms with van der Waals surface area (Å²) in [4.78, 5) is 23.7. The van der Waals surface area contributed by atoms with Gasteiger partial charge in [0.15, 0.2) is 5.78 Å². The van der Waals surface area contributed by atoms with E-state index in [4.69, 9.17) is 4.74 Å². The summed E-state index contributed by atoms with van der Waals surface area (Å²) in [5, 5.41) is 0. The molecule has 1 atom stereocenters. The highest BCUT2D eigenvalue weighted by Crippen LogP contribution is 2.31. The van der Waals surface area contributed by atoms with E-state index in [2.05, 4.69) is 4.74 Å². The number of hydrogen-bond donors (Lipinski definition) is 0. The Morgan fingerprint density at radius 3 is 2.78 bits per heavy atom. The van der Waals surface area contributed by atoms with E-state index in [1.54, 1.807) is 18.2 Å². The van der Waals surface area contributed by atoms with E-state index in [1.165, 1.54) is 7.11 Å². The first kappa shape index (κ1) is 12.6. The molecular weight excluding hydrogens is 232 g/mol. The van der Waals surface area contributed by atoms with E-state index in [0.717, 1.165) is 0 Å². The van der Waals surface area contributed by atoms with Gasteiger partial charge < -0.3 is 9.47 Å². The van der Waals surface area contributed by atoms with Crippen molar-refractivity contribution in [3.05, 3.63) is 29.3 Å². The molecule has 0 aliphatic carbocycles. The number of fused-ring (bicyclic) bond motifs is 1. The average molecular weight is 248 g/mol. The van der Waals surface area contributed by atoms with Crippen molar-refractivity contribution in [1.82, 2.24) is 0 Å². The van der Waals surface area contributed by atoms with E-state index < -0.39 is 5.97 Å². The Bertz CT molecular complexity index is 491. The third kappa shape index (κ3) is 2.10. The molecule has 0 spiro atoms.